The van der Waals surface area contributed by atoms with Gasteiger partial charge in [0.2, 0.25) is 0 Å². The number of nitrogens with zero attached hydrogens (tertiary/aromatic N) is 1. The van der Waals surface area contributed by atoms with Crippen molar-refractivity contribution in [1.29, 1.82) is 5.26 Å². The van der Waals surface area contributed by atoms with Crippen LogP contribution >= 0.6 is 11.6 Å². The Kier molecular flexibility index (Phi) is 4.81. The summed E-state index contributed by atoms with van der Waals surface area (Å²) >= 11 is 6.07. The van der Waals surface area contributed by atoms with Crippen molar-refractivity contribution in [3.8, 4) is 11.8 Å². The van der Waals surface area contributed by atoms with Crippen molar-refractivity contribution in [1.82, 2.24) is 0 Å². The van der Waals surface area contributed by atoms with E-state index in [1.807, 2.05) is 72.8 Å². The molecule has 1 aliphatic heterocycles. The van der Waals surface area contributed by atoms with Crippen LogP contribution in [-0.4, -0.2) is 7.11 Å². The Balaban J connectivity index is 1.86. The lowest BCUT2D eigenvalue weighted by molar-refractivity contribution is 0.155. The van der Waals surface area contributed by atoms with E-state index in [0.29, 0.717) is 10.8 Å². The first-order valence-corrected chi connectivity index (χ1v) is 9.30. The molecule has 4 rings (SSSR count). The minimum atomic E-state index is -0.968. The minimum absolute atomic E-state index is 0.486. The number of hydrogen-bond acceptors (Lipinski definition) is 3. The molecule has 1 aliphatic rings. The molecule has 0 radical (unpaired) electrons. The zero-order chi connectivity index (χ0) is 19.6. The van der Waals surface area contributed by atoms with E-state index in [1.165, 1.54) is 0 Å². The van der Waals surface area contributed by atoms with Gasteiger partial charge in [-0.25, -0.2) is 0 Å². The number of halogens is 1. The van der Waals surface area contributed by atoms with Crippen LogP contribution < -0.4 is 4.74 Å². The van der Waals surface area contributed by atoms with E-state index in [0.717, 1.165) is 22.4 Å². The quantitative estimate of drug-likeness (QED) is 0.557. The molecule has 0 saturated heterocycles. The lowest BCUT2D eigenvalue weighted by Crippen LogP contribution is -2.27. The first-order valence-electron chi connectivity index (χ1n) is 8.92. The second-order valence-electron chi connectivity index (χ2n) is 6.63. The van der Waals surface area contributed by atoms with E-state index in [9.17, 15) is 5.26 Å². The molecule has 2 atom stereocenters. The van der Waals surface area contributed by atoms with Gasteiger partial charge < -0.3 is 9.47 Å². The van der Waals surface area contributed by atoms with Gasteiger partial charge in [0.25, 0.3) is 0 Å². The van der Waals surface area contributed by atoms with Crippen molar-refractivity contribution in [2.45, 2.75) is 11.5 Å². The Morgan fingerprint density at radius 1 is 0.964 bits per heavy atom. The monoisotopic (exact) mass is 387 g/mol. The van der Waals surface area contributed by atoms with E-state index < -0.39 is 11.5 Å². The first-order chi connectivity index (χ1) is 13.7. The van der Waals surface area contributed by atoms with Gasteiger partial charge in [0.15, 0.2) is 6.10 Å². The van der Waals surface area contributed by atoms with Crippen LogP contribution in [0.1, 0.15) is 22.8 Å². The summed E-state index contributed by atoms with van der Waals surface area (Å²) in [6.45, 7) is 0. The summed E-state index contributed by atoms with van der Waals surface area (Å²) in [5.41, 5.74) is 1.71. The molecule has 138 valence electrons. The molecule has 3 aromatic rings. The molecule has 0 amide bonds. The molecule has 3 nitrogen and oxygen atoms in total. The zero-order valence-electron chi connectivity index (χ0n) is 15.3. The van der Waals surface area contributed by atoms with Crippen LogP contribution in [0, 0.1) is 11.3 Å². The largest absolute Gasteiger partial charge is 0.497 e. The van der Waals surface area contributed by atoms with E-state index in [2.05, 4.69) is 6.07 Å². The van der Waals surface area contributed by atoms with Gasteiger partial charge in [-0.3, -0.25) is 0 Å². The van der Waals surface area contributed by atoms with Gasteiger partial charge in [-0.1, -0.05) is 66.2 Å². The number of ether oxygens (including phenoxy) is 2. The second kappa shape index (κ2) is 7.42. The highest BCUT2D eigenvalue weighted by Crippen LogP contribution is 2.50. The molecule has 0 aromatic heterocycles. The van der Waals surface area contributed by atoms with Gasteiger partial charge in [0.1, 0.15) is 16.9 Å². The molecular weight excluding hydrogens is 370 g/mol. The summed E-state index contributed by atoms with van der Waals surface area (Å²) in [7, 11) is 1.63. The highest BCUT2D eigenvalue weighted by atomic mass is 35.5. The average Bonchev–Trinajstić information content (AvgIpc) is 3.16. The summed E-state index contributed by atoms with van der Waals surface area (Å²) in [4.78, 5) is 0. The molecule has 0 unspecified atom stereocenters. The molecule has 28 heavy (non-hydrogen) atoms. The first kappa shape index (κ1) is 18.2. The SMILES string of the molecule is COc1ccc([C@@H]2OC(c3ccccc3)=C[C@]2(C#N)c2ccc(Cl)cc2)cc1. The summed E-state index contributed by atoms with van der Waals surface area (Å²) in [6.07, 6.45) is 1.43. The van der Waals surface area contributed by atoms with Crippen molar-refractivity contribution in [3.05, 3.63) is 107 Å². The highest BCUT2D eigenvalue weighted by molar-refractivity contribution is 6.30. The number of methoxy groups -OCH3 is 1. The standard InChI is InChI=1S/C24H18ClNO2/c1-27-21-13-7-18(8-14-21)23-24(16-26,19-9-11-20(25)12-10-19)15-22(28-23)17-5-3-2-4-6-17/h2-15,23H,1H3/t23-,24-/m0/s1. The zero-order valence-corrected chi connectivity index (χ0v) is 16.1. The predicted octanol–water partition coefficient (Wildman–Crippen LogP) is 5.92. The third kappa shape index (κ3) is 3.13. The average molecular weight is 388 g/mol. The maximum absolute atomic E-state index is 10.3. The van der Waals surface area contributed by atoms with E-state index in [-0.39, 0.29) is 0 Å². The summed E-state index contributed by atoms with van der Waals surface area (Å²) < 4.78 is 11.6. The molecule has 0 saturated carbocycles. The van der Waals surface area contributed by atoms with Crippen LogP contribution in [0.5, 0.6) is 5.75 Å². The van der Waals surface area contributed by atoms with Gasteiger partial charge >= 0.3 is 0 Å². The Bertz CT molecular complexity index is 1040. The van der Waals surface area contributed by atoms with Crippen molar-refractivity contribution >= 4 is 17.4 Å². The third-order valence-electron chi connectivity index (χ3n) is 5.00. The summed E-state index contributed by atoms with van der Waals surface area (Å²) in [5.74, 6) is 1.45. The fraction of sp³-hybridized carbons (Fsp3) is 0.125. The van der Waals surface area contributed by atoms with Crippen LogP contribution in [0.15, 0.2) is 84.9 Å². The smallest absolute Gasteiger partial charge is 0.150 e. The van der Waals surface area contributed by atoms with Gasteiger partial charge in [0.05, 0.1) is 13.2 Å². The van der Waals surface area contributed by atoms with E-state index >= 15 is 0 Å². The van der Waals surface area contributed by atoms with Crippen LogP contribution in [0.3, 0.4) is 0 Å². The molecule has 1 heterocycles. The Morgan fingerprint density at radius 3 is 2.25 bits per heavy atom. The molecule has 4 heteroatoms. The van der Waals surface area contributed by atoms with Crippen LogP contribution in [0.4, 0.5) is 0 Å². The fourth-order valence-corrected chi connectivity index (χ4v) is 3.64. The Labute approximate surface area is 169 Å². The van der Waals surface area contributed by atoms with Crippen molar-refractivity contribution in [2.75, 3.05) is 7.11 Å². The summed E-state index contributed by atoms with van der Waals surface area (Å²) in [5, 5.41) is 10.9. The van der Waals surface area contributed by atoms with Crippen molar-refractivity contribution < 1.29 is 9.47 Å². The van der Waals surface area contributed by atoms with Crippen LogP contribution in [-0.2, 0) is 10.2 Å². The van der Waals surface area contributed by atoms with Crippen LogP contribution in [0.2, 0.25) is 5.02 Å². The molecule has 0 spiro atoms. The maximum Gasteiger partial charge on any atom is 0.150 e. The van der Waals surface area contributed by atoms with E-state index in [4.69, 9.17) is 21.1 Å². The molecule has 0 fully saturated rings. The summed E-state index contributed by atoms with van der Waals surface area (Å²) in [6, 6.07) is 27.3. The fourth-order valence-electron chi connectivity index (χ4n) is 3.52. The van der Waals surface area contributed by atoms with Gasteiger partial charge in [-0.2, -0.15) is 5.26 Å². The lowest BCUT2D eigenvalue weighted by Gasteiger charge is -2.27. The number of nitriles is 1. The van der Waals surface area contributed by atoms with E-state index in [1.54, 1.807) is 19.2 Å². The number of hydrogen-bond donors (Lipinski definition) is 0. The topological polar surface area (TPSA) is 42.2 Å². The second-order valence-corrected chi connectivity index (χ2v) is 7.07. The van der Waals surface area contributed by atoms with Crippen molar-refractivity contribution in [2.24, 2.45) is 0 Å². The van der Waals surface area contributed by atoms with Gasteiger partial charge in [-0.05, 0) is 41.5 Å². The number of rotatable bonds is 4. The minimum Gasteiger partial charge on any atom is -0.497 e. The Hall–Kier alpha value is -3.22. The molecule has 0 N–H and O–H groups in total. The van der Waals surface area contributed by atoms with Gasteiger partial charge in [-0.15, -0.1) is 0 Å². The van der Waals surface area contributed by atoms with Gasteiger partial charge in [0, 0.05) is 10.6 Å². The highest BCUT2D eigenvalue weighted by Gasteiger charge is 2.47. The lowest BCUT2D eigenvalue weighted by atomic mass is 9.75. The third-order valence-corrected chi connectivity index (χ3v) is 5.25. The molecule has 3 aromatic carbocycles. The molecular formula is C24H18ClNO2. The Morgan fingerprint density at radius 2 is 1.64 bits per heavy atom. The predicted molar refractivity (Wildman–Crippen MR) is 110 cm³/mol. The molecule has 0 aliphatic carbocycles. The normalized spacial score (nSPS) is 20.8. The van der Waals surface area contributed by atoms with Crippen molar-refractivity contribution in [3.63, 3.8) is 0 Å². The molecule has 0 bridgehead atoms. The van der Waals surface area contributed by atoms with Crippen LogP contribution in [0.25, 0.3) is 5.76 Å². The number of benzene rings is 3. The maximum atomic E-state index is 10.3.